The Kier molecular flexibility index (Phi) is 7.34. The molecule has 0 bridgehead atoms. The molecule has 0 aliphatic heterocycles. The number of rotatable bonds is 10. The maximum absolute atomic E-state index is 6.79. The Morgan fingerprint density at radius 2 is 0.960 bits per heavy atom. The van der Waals surface area contributed by atoms with Crippen LogP contribution in [0.1, 0.15) is 0 Å². The Hall–Kier alpha value is -0.812. The van der Waals surface area contributed by atoms with E-state index in [1.54, 1.807) is 0 Å². The van der Waals surface area contributed by atoms with Gasteiger partial charge >= 0.3 is 158 Å². The predicted molar refractivity (Wildman–Crippen MR) is 124 cm³/mol. The van der Waals surface area contributed by atoms with Crippen molar-refractivity contribution in [2.45, 2.75) is 39.3 Å². The molecule has 3 nitrogen and oxygen atoms in total. The molecule has 0 saturated heterocycles. The third-order valence-corrected chi connectivity index (χ3v) is 21.8. The first-order chi connectivity index (χ1) is 11.4. The zero-order valence-corrected chi connectivity index (χ0v) is 21.4. The SMILES string of the molecule is C=C[SiH-](C)(C)O[SiH-](O[SiH-](C)(C)C=C)(O[SiH-](C)(C)C=C)c1ccccc1. The van der Waals surface area contributed by atoms with Gasteiger partial charge in [0.15, 0.2) is 0 Å². The minimum absolute atomic E-state index is 1.04. The summed E-state index contributed by atoms with van der Waals surface area (Å²) in [5.74, 6) is 0. The van der Waals surface area contributed by atoms with Gasteiger partial charge < -0.3 is 0 Å². The van der Waals surface area contributed by atoms with Gasteiger partial charge in [0.25, 0.3) is 0 Å². The average Bonchev–Trinajstić information content (AvgIpc) is 2.54. The quantitative estimate of drug-likeness (QED) is 0.550. The Labute approximate surface area is 157 Å². The van der Waals surface area contributed by atoms with Crippen molar-refractivity contribution in [1.29, 1.82) is 0 Å². The van der Waals surface area contributed by atoms with E-state index >= 15 is 0 Å². The first-order valence-corrected chi connectivity index (χ1v) is 21.6. The fraction of sp³-hybridized carbons (Fsp3) is 0.333. The maximum atomic E-state index is 6.79. The van der Waals surface area contributed by atoms with Crippen molar-refractivity contribution in [2.75, 3.05) is 0 Å². The molecule has 146 valence electrons. The molecule has 0 radical (unpaired) electrons. The van der Waals surface area contributed by atoms with Crippen molar-refractivity contribution in [2.24, 2.45) is 0 Å². The third-order valence-electron chi connectivity index (χ3n) is 4.50. The Bertz CT molecular complexity index is 557. The van der Waals surface area contributed by atoms with Crippen LogP contribution in [-0.4, -0.2) is 33.8 Å². The number of hydrogen-bond donors (Lipinski definition) is 0. The van der Waals surface area contributed by atoms with E-state index in [1.807, 2.05) is 35.3 Å². The Morgan fingerprint density at radius 3 is 1.24 bits per heavy atom. The summed E-state index contributed by atoms with van der Waals surface area (Å²) < 4.78 is 20.4. The van der Waals surface area contributed by atoms with Crippen LogP contribution < -0.4 is 5.19 Å². The molecule has 0 spiro atoms. The molecule has 1 aromatic carbocycles. The van der Waals surface area contributed by atoms with Crippen LogP contribution in [0.3, 0.4) is 0 Å². The van der Waals surface area contributed by atoms with Gasteiger partial charge in [0.2, 0.25) is 0 Å². The summed E-state index contributed by atoms with van der Waals surface area (Å²) >= 11 is 0. The molecule has 0 amide bonds. The van der Waals surface area contributed by atoms with Crippen LogP contribution in [0.4, 0.5) is 0 Å². The van der Waals surface area contributed by atoms with E-state index < -0.39 is 33.8 Å². The van der Waals surface area contributed by atoms with Crippen LogP contribution in [-0.2, 0) is 12.3 Å². The second-order valence-electron chi connectivity index (χ2n) is 8.72. The molecular formula is C18H36O3Si4-4. The van der Waals surface area contributed by atoms with Crippen molar-refractivity contribution in [1.82, 2.24) is 0 Å². The predicted octanol–water partition coefficient (Wildman–Crippen LogP) is 3.60. The molecule has 7 heteroatoms. The number of benzene rings is 1. The van der Waals surface area contributed by atoms with Gasteiger partial charge in [0, 0.05) is 0 Å². The van der Waals surface area contributed by atoms with Crippen LogP contribution in [0, 0.1) is 0 Å². The summed E-state index contributed by atoms with van der Waals surface area (Å²) in [5, 5.41) is 1.04. The molecule has 0 atom stereocenters. The van der Waals surface area contributed by atoms with Gasteiger partial charge in [0.05, 0.1) is 0 Å². The molecule has 25 heavy (non-hydrogen) atoms. The van der Waals surface area contributed by atoms with Crippen LogP contribution >= 0.6 is 0 Å². The molecule has 0 unspecified atom stereocenters. The summed E-state index contributed by atoms with van der Waals surface area (Å²) in [4.78, 5) is 0. The third kappa shape index (κ3) is 6.45. The molecular weight excluding hydrogens is 377 g/mol. The van der Waals surface area contributed by atoms with Gasteiger partial charge in [-0.3, -0.25) is 0 Å². The van der Waals surface area contributed by atoms with Crippen LogP contribution in [0.2, 0.25) is 39.3 Å². The van der Waals surface area contributed by atoms with Crippen LogP contribution in [0.5, 0.6) is 0 Å². The van der Waals surface area contributed by atoms with E-state index in [-0.39, 0.29) is 0 Å². The zero-order chi connectivity index (χ0) is 19.4. The Morgan fingerprint density at radius 1 is 0.640 bits per heavy atom. The molecule has 0 heterocycles. The van der Waals surface area contributed by atoms with Crippen molar-refractivity contribution in [3.05, 3.63) is 67.2 Å². The van der Waals surface area contributed by atoms with Gasteiger partial charge in [-0.2, -0.15) is 0 Å². The summed E-state index contributed by atoms with van der Waals surface area (Å²) in [6.07, 6.45) is 0. The fourth-order valence-electron chi connectivity index (χ4n) is 2.57. The van der Waals surface area contributed by atoms with Gasteiger partial charge in [-0.15, -0.1) is 0 Å². The van der Waals surface area contributed by atoms with Crippen molar-refractivity contribution in [3.63, 3.8) is 0 Å². The minimum atomic E-state index is -3.51. The zero-order valence-electron chi connectivity index (χ0n) is 16.8. The summed E-state index contributed by atoms with van der Waals surface area (Å²) in [6, 6.07) is 10.2. The molecule has 1 rings (SSSR count). The second-order valence-corrected chi connectivity index (χ2v) is 26.5. The first-order valence-electron chi connectivity index (χ1n) is 9.30. The van der Waals surface area contributed by atoms with E-state index in [0.29, 0.717) is 0 Å². The van der Waals surface area contributed by atoms with E-state index in [9.17, 15) is 0 Å². The first kappa shape index (κ1) is 22.2. The van der Waals surface area contributed by atoms with Crippen molar-refractivity contribution in [3.8, 4) is 0 Å². The molecule has 1 aromatic rings. The molecule has 0 fully saturated rings. The number of hydrogen-bond acceptors (Lipinski definition) is 3. The molecule has 0 aromatic heterocycles. The summed E-state index contributed by atoms with van der Waals surface area (Å²) in [5.41, 5.74) is 5.90. The molecule has 0 aliphatic rings. The standard InChI is InChI=1S/C18H36O3Si4/c1-10-22(4,5)19-25(20-23(6,7)11-2,21-24(8,9)12-3)18-16-14-13-15-17-18/h10-17,22-25H,1-3H2,4-9H3/q-4. The normalized spacial score (nSPS) is 15.9. The topological polar surface area (TPSA) is 27.7 Å². The van der Waals surface area contributed by atoms with E-state index in [0.717, 1.165) is 5.19 Å². The van der Waals surface area contributed by atoms with Crippen LogP contribution in [0.25, 0.3) is 0 Å². The van der Waals surface area contributed by atoms with Gasteiger partial charge in [-0.05, 0) is 0 Å². The monoisotopic (exact) mass is 412 g/mol. The summed E-state index contributed by atoms with van der Waals surface area (Å²) in [7, 11) is -10.9. The van der Waals surface area contributed by atoms with Crippen molar-refractivity contribution < 1.29 is 12.3 Å². The van der Waals surface area contributed by atoms with Gasteiger partial charge in [-0.1, -0.05) is 0 Å². The van der Waals surface area contributed by atoms with E-state index in [2.05, 4.69) is 71.2 Å². The Balaban J connectivity index is 3.58. The molecule has 0 N–H and O–H groups in total. The van der Waals surface area contributed by atoms with E-state index in [1.165, 1.54) is 0 Å². The second kappa shape index (κ2) is 8.25. The summed E-state index contributed by atoms with van der Waals surface area (Å²) in [6.45, 7) is 24.9. The van der Waals surface area contributed by atoms with Crippen LogP contribution in [0.15, 0.2) is 67.2 Å². The molecule has 0 aliphatic carbocycles. The van der Waals surface area contributed by atoms with Gasteiger partial charge in [0.1, 0.15) is 0 Å². The van der Waals surface area contributed by atoms with Crippen molar-refractivity contribution >= 4 is 38.9 Å². The van der Waals surface area contributed by atoms with Gasteiger partial charge in [-0.25, -0.2) is 0 Å². The average molecular weight is 413 g/mol. The molecule has 0 saturated carbocycles. The fourth-order valence-corrected chi connectivity index (χ4v) is 20.1. The van der Waals surface area contributed by atoms with E-state index in [4.69, 9.17) is 12.3 Å².